The summed E-state index contributed by atoms with van der Waals surface area (Å²) in [5.74, 6) is 0. The van der Waals surface area contributed by atoms with E-state index in [1.165, 1.54) is 0 Å². The van der Waals surface area contributed by atoms with Crippen LogP contribution in [0.15, 0.2) is 14.2 Å². The summed E-state index contributed by atoms with van der Waals surface area (Å²) < 4.78 is 0.800. The van der Waals surface area contributed by atoms with Crippen LogP contribution in [0.5, 0.6) is 0 Å². The number of rotatable bonds is 3. The molecule has 1 atom stereocenters. The average molecular weight is 266 g/mol. The van der Waals surface area contributed by atoms with E-state index in [1.54, 1.807) is 0 Å². The smallest absolute Gasteiger partial charge is 0.344 e. The van der Waals surface area contributed by atoms with Gasteiger partial charge in [0.2, 0.25) is 0 Å². The maximum absolute atomic E-state index is 11.1. The molecule has 1 unspecified atom stereocenters. The van der Waals surface area contributed by atoms with Crippen LogP contribution in [0.2, 0.25) is 0 Å². The van der Waals surface area contributed by atoms with Crippen molar-refractivity contribution in [2.75, 3.05) is 6.61 Å². The van der Waals surface area contributed by atoms with Crippen molar-refractivity contribution in [1.29, 1.82) is 0 Å². The molecule has 1 aromatic heterocycles. The summed E-state index contributed by atoms with van der Waals surface area (Å²) in [6.07, 6.45) is -1.09. The number of halogens is 1. The molecule has 3 N–H and O–H groups in total. The van der Waals surface area contributed by atoms with Gasteiger partial charge < -0.3 is 10.2 Å². The number of aliphatic hydroxyl groups is 2. The third-order valence-corrected chi connectivity index (χ3v) is 1.96. The average Bonchev–Trinajstić information content (AvgIpc) is 2.14. The minimum Gasteiger partial charge on any atom is -0.394 e. The zero-order chi connectivity index (χ0) is 10.7. The molecule has 0 saturated carbocycles. The first kappa shape index (κ1) is 11.1. The van der Waals surface area contributed by atoms with E-state index in [4.69, 9.17) is 10.2 Å². The van der Waals surface area contributed by atoms with Crippen molar-refractivity contribution in [1.82, 2.24) is 14.8 Å². The van der Waals surface area contributed by atoms with Crippen LogP contribution in [0, 0.1) is 0 Å². The fourth-order valence-electron chi connectivity index (χ4n) is 0.791. The van der Waals surface area contributed by atoms with E-state index in [1.807, 2.05) is 4.98 Å². The Morgan fingerprint density at radius 3 is 2.79 bits per heavy atom. The summed E-state index contributed by atoms with van der Waals surface area (Å²) in [4.78, 5) is 23.9. The summed E-state index contributed by atoms with van der Waals surface area (Å²) in [6, 6.07) is 0. The topological polar surface area (TPSA) is 108 Å². The van der Waals surface area contributed by atoms with Crippen molar-refractivity contribution in [2.45, 2.75) is 12.6 Å². The summed E-state index contributed by atoms with van der Waals surface area (Å²) >= 11 is 2.83. The minimum atomic E-state index is -1.09. The molecule has 0 aromatic carbocycles. The second kappa shape index (κ2) is 4.49. The molecule has 0 amide bonds. The summed E-state index contributed by atoms with van der Waals surface area (Å²) in [6.45, 7) is -0.657. The van der Waals surface area contributed by atoms with Gasteiger partial charge in [0.25, 0.3) is 5.56 Å². The number of aromatic amines is 1. The Morgan fingerprint density at radius 1 is 1.57 bits per heavy atom. The van der Waals surface area contributed by atoms with Gasteiger partial charge in [0.1, 0.15) is 0 Å². The molecular formula is C6H8BrN3O4. The molecule has 0 aliphatic carbocycles. The molecule has 7 nitrogen and oxygen atoms in total. The molecule has 1 aromatic rings. The van der Waals surface area contributed by atoms with Gasteiger partial charge in [-0.1, -0.05) is 0 Å². The SMILES string of the molecule is O=c1[nH]c(=O)n(CC(O)CO)nc1Br. The van der Waals surface area contributed by atoms with Crippen LogP contribution in [0.3, 0.4) is 0 Å². The quantitative estimate of drug-likeness (QED) is 0.589. The highest BCUT2D eigenvalue weighted by molar-refractivity contribution is 9.10. The van der Waals surface area contributed by atoms with Crippen LogP contribution in [0.25, 0.3) is 0 Å². The van der Waals surface area contributed by atoms with Gasteiger partial charge in [-0.2, -0.15) is 5.10 Å². The molecule has 78 valence electrons. The zero-order valence-corrected chi connectivity index (χ0v) is 8.56. The van der Waals surface area contributed by atoms with E-state index in [2.05, 4.69) is 21.0 Å². The van der Waals surface area contributed by atoms with Crippen LogP contribution in [-0.4, -0.2) is 37.7 Å². The van der Waals surface area contributed by atoms with Crippen molar-refractivity contribution in [3.63, 3.8) is 0 Å². The third-order valence-electron chi connectivity index (χ3n) is 1.45. The predicted molar refractivity (Wildman–Crippen MR) is 49.9 cm³/mol. The Balaban J connectivity index is 3.04. The highest BCUT2D eigenvalue weighted by Gasteiger charge is 2.08. The number of aromatic nitrogens is 3. The molecule has 0 saturated heterocycles. The molecule has 14 heavy (non-hydrogen) atoms. The molecule has 0 aliphatic rings. The van der Waals surface area contributed by atoms with Crippen molar-refractivity contribution >= 4 is 15.9 Å². The van der Waals surface area contributed by atoms with Crippen LogP contribution in [0.1, 0.15) is 0 Å². The van der Waals surface area contributed by atoms with Crippen molar-refractivity contribution < 1.29 is 10.2 Å². The lowest BCUT2D eigenvalue weighted by Crippen LogP contribution is -2.36. The molecule has 8 heteroatoms. The minimum absolute atomic E-state index is 0.0535. The first-order valence-electron chi connectivity index (χ1n) is 3.70. The Bertz CT molecular complexity index is 426. The number of aliphatic hydroxyl groups excluding tert-OH is 2. The van der Waals surface area contributed by atoms with Gasteiger partial charge in [-0.25, -0.2) is 9.48 Å². The largest absolute Gasteiger partial charge is 0.394 e. The number of nitrogens with zero attached hydrogens (tertiary/aromatic N) is 2. The van der Waals surface area contributed by atoms with Gasteiger partial charge in [-0.3, -0.25) is 9.78 Å². The first-order chi connectivity index (χ1) is 6.54. The van der Waals surface area contributed by atoms with Gasteiger partial charge in [0.15, 0.2) is 4.60 Å². The lowest BCUT2D eigenvalue weighted by Gasteiger charge is -2.07. The Kier molecular flexibility index (Phi) is 3.55. The summed E-state index contributed by atoms with van der Waals surface area (Å²) in [5.41, 5.74) is -1.37. The molecule has 0 radical (unpaired) electrons. The lowest BCUT2D eigenvalue weighted by molar-refractivity contribution is 0.0763. The van der Waals surface area contributed by atoms with Crippen LogP contribution >= 0.6 is 15.9 Å². The van der Waals surface area contributed by atoms with E-state index >= 15 is 0 Å². The first-order valence-corrected chi connectivity index (χ1v) is 4.49. The molecule has 0 spiro atoms. The molecular weight excluding hydrogens is 258 g/mol. The monoisotopic (exact) mass is 265 g/mol. The number of hydrogen-bond donors (Lipinski definition) is 3. The van der Waals surface area contributed by atoms with Gasteiger partial charge in [-0.15, -0.1) is 0 Å². The highest BCUT2D eigenvalue weighted by atomic mass is 79.9. The number of nitrogens with one attached hydrogen (secondary N) is 1. The second-order valence-electron chi connectivity index (χ2n) is 2.57. The fraction of sp³-hybridized carbons (Fsp3) is 0.500. The molecule has 0 aliphatic heterocycles. The second-order valence-corrected chi connectivity index (χ2v) is 3.32. The normalized spacial score (nSPS) is 12.8. The summed E-state index contributed by atoms with van der Waals surface area (Å²) in [7, 11) is 0. The van der Waals surface area contributed by atoms with Gasteiger partial charge >= 0.3 is 5.69 Å². The molecule has 0 bridgehead atoms. The van der Waals surface area contributed by atoms with Crippen molar-refractivity contribution in [3.8, 4) is 0 Å². The summed E-state index contributed by atoms with van der Waals surface area (Å²) in [5, 5.41) is 21.1. The number of H-pyrrole nitrogens is 1. The zero-order valence-electron chi connectivity index (χ0n) is 6.97. The van der Waals surface area contributed by atoms with Crippen molar-refractivity contribution in [2.24, 2.45) is 0 Å². The van der Waals surface area contributed by atoms with Gasteiger partial charge in [0, 0.05) is 0 Å². The van der Waals surface area contributed by atoms with Gasteiger partial charge in [-0.05, 0) is 15.9 Å². The fourth-order valence-corrected chi connectivity index (χ4v) is 1.08. The van der Waals surface area contributed by atoms with Crippen LogP contribution in [0.4, 0.5) is 0 Å². The Labute approximate surface area is 86.1 Å². The standard InChI is InChI=1S/C6H8BrN3O4/c7-4-5(13)8-6(14)10(9-4)1-3(12)2-11/h3,11-12H,1-2H2,(H,8,13,14). The van der Waals surface area contributed by atoms with Crippen LogP contribution in [-0.2, 0) is 6.54 Å². The highest BCUT2D eigenvalue weighted by Crippen LogP contribution is 1.93. The van der Waals surface area contributed by atoms with E-state index in [0.717, 1.165) is 4.68 Å². The van der Waals surface area contributed by atoms with E-state index in [0.29, 0.717) is 0 Å². The van der Waals surface area contributed by atoms with E-state index in [9.17, 15) is 9.59 Å². The molecule has 0 fully saturated rings. The Morgan fingerprint density at radius 2 is 2.21 bits per heavy atom. The van der Waals surface area contributed by atoms with Crippen LogP contribution < -0.4 is 11.2 Å². The number of hydrogen-bond acceptors (Lipinski definition) is 5. The molecule has 1 rings (SSSR count). The van der Waals surface area contributed by atoms with E-state index in [-0.39, 0.29) is 11.1 Å². The van der Waals surface area contributed by atoms with Gasteiger partial charge in [0.05, 0.1) is 19.3 Å². The molecule has 1 heterocycles. The Hall–Kier alpha value is -0.990. The maximum atomic E-state index is 11.1. The van der Waals surface area contributed by atoms with E-state index < -0.39 is 24.0 Å². The van der Waals surface area contributed by atoms with Crippen molar-refractivity contribution in [3.05, 3.63) is 25.4 Å². The predicted octanol–water partition coefficient (Wildman–Crippen LogP) is -1.95. The third kappa shape index (κ3) is 2.50. The maximum Gasteiger partial charge on any atom is 0.344 e. The lowest BCUT2D eigenvalue weighted by atomic mass is 10.4.